The SMILES string of the molecule is CCN(CC)C(=O)NCc1cscn1. The molecule has 0 fully saturated rings. The third-order valence-electron chi connectivity index (χ3n) is 1.95. The molecular formula is C9H15N3OS. The summed E-state index contributed by atoms with van der Waals surface area (Å²) in [6, 6.07) is -0.0250. The molecule has 0 atom stereocenters. The molecule has 0 aliphatic rings. The molecule has 1 aromatic rings. The fourth-order valence-electron chi connectivity index (χ4n) is 1.11. The van der Waals surface area contributed by atoms with E-state index in [0.717, 1.165) is 18.8 Å². The van der Waals surface area contributed by atoms with Gasteiger partial charge in [0, 0.05) is 18.5 Å². The highest BCUT2D eigenvalue weighted by Gasteiger charge is 2.08. The number of urea groups is 1. The van der Waals surface area contributed by atoms with Crippen molar-refractivity contribution in [2.45, 2.75) is 20.4 Å². The minimum absolute atomic E-state index is 0.0250. The number of aromatic nitrogens is 1. The molecule has 0 spiro atoms. The lowest BCUT2D eigenvalue weighted by Crippen LogP contribution is -2.39. The Hall–Kier alpha value is -1.10. The first-order valence-corrected chi connectivity index (χ1v) is 5.62. The summed E-state index contributed by atoms with van der Waals surface area (Å²) in [4.78, 5) is 17.3. The molecule has 1 N–H and O–H groups in total. The zero-order valence-corrected chi connectivity index (χ0v) is 9.30. The fourth-order valence-corrected chi connectivity index (χ4v) is 1.67. The minimum atomic E-state index is -0.0250. The van der Waals surface area contributed by atoms with Crippen molar-refractivity contribution in [2.75, 3.05) is 13.1 Å². The predicted molar refractivity (Wildman–Crippen MR) is 57.3 cm³/mol. The monoisotopic (exact) mass is 213 g/mol. The molecule has 0 aliphatic carbocycles. The van der Waals surface area contributed by atoms with Crippen molar-refractivity contribution in [2.24, 2.45) is 0 Å². The lowest BCUT2D eigenvalue weighted by atomic mass is 10.5. The Kier molecular flexibility index (Phi) is 4.39. The largest absolute Gasteiger partial charge is 0.332 e. The topological polar surface area (TPSA) is 45.2 Å². The van der Waals surface area contributed by atoms with Gasteiger partial charge in [-0.05, 0) is 13.8 Å². The van der Waals surface area contributed by atoms with Crippen LogP contribution in [0.2, 0.25) is 0 Å². The predicted octanol–water partition coefficient (Wildman–Crippen LogP) is 1.69. The number of carbonyl (C=O) groups excluding carboxylic acids is 1. The molecule has 0 bridgehead atoms. The molecule has 4 nitrogen and oxygen atoms in total. The summed E-state index contributed by atoms with van der Waals surface area (Å²) in [7, 11) is 0. The first-order valence-electron chi connectivity index (χ1n) is 4.67. The van der Waals surface area contributed by atoms with Crippen molar-refractivity contribution in [3.63, 3.8) is 0 Å². The van der Waals surface area contributed by atoms with Crippen LogP contribution in [0.1, 0.15) is 19.5 Å². The van der Waals surface area contributed by atoms with Crippen LogP contribution in [-0.4, -0.2) is 29.0 Å². The summed E-state index contributed by atoms with van der Waals surface area (Å²) in [5.41, 5.74) is 2.68. The van der Waals surface area contributed by atoms with Crippen molar-refractivity contribution in [3.8, 4) is 0 Å². The quantitative estimate of drug-likeness (QED) is 0.827. The standard InChI is InChI=1S/C9H15N3OS/c1-3-12(4-2)9(13)10-5-8-6-14-7-11-8/h6-7H,3-5H2,1-2H3,(H,10,13). The number of hydrogen-bond donors (Lipinski definition) is 1. The van der Waals surface area contributed by atoms with Gasteiger partial charge < -0.3 is 10.2 Å². The molecule has 0 aliphatic heterocycles. The number of rotatable bonds is 4. The van der Waals surface area contributed by atoms with Gasteiger partial charge in [0.2, 0.25) is 0 Å². The van der Waals surface area contributed by atoms with Gasteiger partial charge in [-0.15, -0.1) is 11.3 Å². The number of carbonyl (C=O) groups is 1. The molecule has 1 aromatic heterocycles. The van der Waals surface area contributed by atoms with Crippen LogP contribution >= 0.6 is 11.3 Å². The highest BCUT2D eigenvalue weighted by Crippen LogP contribution is 2.00. The smallest absolute Gasteiger partial charge is 0.317 e. The molecule has 0 aromatic carbocycles. The van der Waals surface area contributed by atoms with Gasteiger partial charge in [0.25, 0.3) is 0 Å². The van der Waals surface area contributed by atoms with Crippen molar-refractivity contribution < 1.29 is 4.79 Å². The summed E-state index contributed by atoms with van der Waals surface area (Å²) in [6.45, 7) is 5.91. The second-order valence-electron chi connectivity index (χ2n) is 2.81. The van der Waals surface area contributed by atoms with Crippen LogP contribution in [0.3, 0.4) is 0 Å². The molecule has 0 saturated heterocycles. The summed E-state index contributed by atoms with van der Waals surface area (Å²) < 4.78 is 0. The van der Waals surface area contributed by atoms with E-state index in [4.69, 9.17) is 0 Å². The van der Waals surface area contributed by atoms with Crippen molar-refractivity contribution in [1.29, 1.82) is 0 Å². The Bertz CT molecular complexity index is 270. The normalized spacial score (nSPS) is 9.86. The number of nitrogens with one attached hydrogen (secondary N) is 1. The van der Waals surface area contributed by atoms with E-state index in [1.807, 2.05) is 19.2 Å². The van der Waals surface area contributed by atoms with E-state index in [9.17, 15) is 4.79 Å². The highest BCUT2D eigenvalue weighted by molar-refractivity contribution is 7.07. The zero-order chi connectivity index (χ0) is 10.4. The van der Waals surface area contributed by atoms with E-state index in [0.29, 0.717) is 6.54 Å². The maximum atomic E-state index is 11.5. The van der Waals surface area contributed by atoms with Crippen molar-refractivity contribution in [3.05, 3.63) is 16.6 Å². The maximum Gasteiger partial charge on any atom is 0.317 e. The van der Waals surface area contributed by atoms with Gasteiger partial charge in [-0.1, -0.05) is 0 Å². The lowest BCUT2D eigenvalue weighted by molar-refractivity contribution is 0.202. The Morgan fingerprint density at radius 2 is 2.29 bits per heavy atom. The van der Waals surface area contributed by atoms with Crippen molar-refractivity contribution >= 4 is 17.4 Å². The van der Waals surface area contributed by atoms with E-state index in [-0.39, 0.29) is 6.03 Å². The molecule has 0 saturated carbocycles. The summed E-state index contributed by atoms with van der Waals surface area (Å²) in [6.07, 6.45) is 0. The molecule has 1 heterocycles. The first kappa shape index (κ1) is 11.0. The molecule has 2 amide bonds. The number of hydrogen-bond acceptors (Lipinski definition) is 3. The molecule has 5 heteroatoms. The zero-order valence-electron chi connectivity index (χ0n) is 8.49. The highest BCUT2D eigenvalue weighted by atomic mass is 32.1. The van der Waals surface area contributed by atoms with E-state index in [2.05, 4.69) is 10.3 Å². The van der Waals surface area contributed by atoms with Crippen LogP contribution in [-0.2, 0) is 6.54 Å². The van der Waals surface area contributed by atoms with E-state index < -0.39 is 0 Å². The van der Waals surface area contributed by atoms with Crippen LogP contribution in [0.25, 0.3) is 0 Å². The van der Waals surface area contributed by atoms with Crippen LogP contribution in [0.4, 0.5) is 4.79 Å². The van der Waals surface area contributed by atoms with E-state index >= 15 is 0 Å². The number of nitrogens with zero attached hydrogens (tertiary/aromatic N) is 2. The van der Waals surface area contributed by atoms with Gasteiger partial charge in [-0.3, -0.25) is 0 Å². The van der Waals surface area contributed by atoms with Gasteiger partial charge in [0.1, 0.15) is 0 Å². The Labute approximate surface area is 88.0 Å². The summed E-state index contributed by atoms with van der Waals surface area (Å²) in [5.74, 6) is 0. The second-order valence-corrected chi connectivity index (χ2v) is 3.53. The molecule has 14 heavy (non-hydrogen) atoms. The van der Waals surface area contributed by atoms with Gasteiger partial charge in [0.05, 0.1) is 17.7 Å². The second kappa shape index (κ2) is 5.59. The average Bonchev–Trinajstić information content (AvgIpc) is 2.69. The van der Waals surface area contributed by atoms with Crippen LogP contribution in [0.15, 0.2) is 10.9 Å². The van der Waals surface area contributed by atoms with E-state index in [1.54, 1.807) is 10.4 Å². The molecule has 1 rings (SSSR count). The number of thiazole rings is 1. The first-order chi connectivity index (χ1) is 6.77. The minimum Gasteiger partial charge on any atom is -0.332 e. The van der Waals surface area contributed by atoms with E-state index in [1.165, 1.54) is 11.3 Å². The van der Waals surface area contributed by atoms with Gasteiger partial charge >= 0.3 is 6.03 Å². The Morgan fingerprint density at radius 3 is 2.79 bits per heavy atom. The molecule has 0 unspecified atom stereocenters. The van der Waals surface area contributed by atoms with Crippen molar-refractivity contribution in [1.82, 2.24) is 15.2 Å². The molecular weight excluding hydrogens is 198 g/mol. The number of amides is 2. The molecule has 78 valence electrons. The fraction of sp³-hybridized carbons (Fsp3) is 0.556. The lowest BCUT2D eigenvalue weighted by Gasteiger charge is -2.18. The van der Waals surface area contributed by atoms with Crippen LogP contribution in [0, 0.1) is 0 Å². The van der Waals surface area contributed by atoms with Gasteiger partial charge in [-0.2, -0.15) is 0 Å². The van der Waals surface area contributed by atoms with Gasteiger partial charge in [-0.25, -0.2) is 9.78 Å². The third kappa shape index (κ3) is 2.99. The third-order valence-corrected chi connectivity index (χ3v) is 2.59. The average molecular weight is 213 g/mol. The molecule has 0 radical (unpaired) electrons. The Morgan fingerprint density at radius 1 is 1.57 bits per heavy atom. The Balaban J connectivity index is 2.34. The maximum absolute atomic E-state index is 11.5. The van der Waals surface area contributed by atoms with Crippen LogP contribution in [0.5, 0.6) is 0 Å². The van der Waals surface area contributed by atoms with Gasteiger partial charge in [0.15, 0.2) is 0 Å². The summed E-state index contributed by atoms with van der Waals surface area (Å²) in [5, 5.41) is 4.75. The van der Waals surface area contributed by atoms with Crippen LogP contribution < -0.4 is 5.32 Å². The summed E-state index contributed by atoms with van der Waals surface area (Å²) >= 11 is 1.54.